The number of carbonyl (C=O) groups is 1. The van der Waals surface area contributed by atoms with Crippen molar-refractivity contribution in [3.63, 3.8) is 0 Å². The average Bonchev–Trinajstić information content (AvgIpc) is 2.87. The molecular formula is C27H28Cl2N2O3S2. The Hall–Kier alpha value is -2.03. The zero-order valence-electron chi connectivity index (χ0n) is 19.9. The topological polar surface area (TPSA) is 66.5 Å². The third kappa shape index (κ3) is 6.84. The number of nitrogens with one attached hydrogen (secondary N) is 1. The Kier molecular flexibility index (Phi) is 9.01. The summed E-state index contributed by atoms with van der Waals surface area (Å²) in [6.07, 6.45) is 0.929. The molecule has 3 aromatic carbocycles. The Bertz CT molecular complexity index is 1310. The van der Waals surface area contributed by atoms with E-state index >= 15 is 0 Å². The lowest BCUT2D eigenvalue weighted by molar-refractivity contribution is -0.120. The molecule has 0 unspecified atom stereocenters. The van der Waals surface area contributed by atoms with E-state index < -0.39 is 10.0 Å². The molecule has 0 atom stereocenters. The largest absolute Gasteiger partial charge is 0.326 e. The van der Waals surface area contributed by atoms with E-state index in [0.717, 1.165) is 17.0 Å². The monoisotopic (exact) mass is 562 g/mol. The second-order valence-corrected chi connectivity index (χ2v) is 12.7. The first-order valence-electron chi connectivity index (χ1n) is 11.7. The Morgan fingerprint density at radius 3 is 2.31 bits per heavy atom. The zero-order valence-corrected chi connectivity index (χ0v) is 23.1. The van der Waals surface area contributed by atoms with Crippen LogP contribution in [0.15, 0.2) is 71.6 Å². The van der Waals surface area contributed by atoms with E-state index in [1.54, 1.807) is 30.0 Å². The number of aryl methyl sites for hydroxylation is 1. The predicted octanol–water partition coefficient (Wildman–Crippen LogP) is 6.77. The van der Waals surface area contributed by atoms with Crippen molar-refractivity contribution in [3.8, 4) is 0 Å². The van der Waals surface area contributed by atoms with Crippen molar-refractivity contribution in [3.05, 3.63) is 93.5 Å². The third-order valence-corrected chi connectivity index (χ3v) is 9.90. The van der Waals surface area contributed by atoms with E-state index in [4.69, 9.17) is 23.2 Å². The Morgan fingerprint density at radius 2 is 1.67 bits per heavy atom. The molecule has 4 rings (SSSR count). The maximum atomic E-state index is 13.0. The second-order valence-electron chi connectivity index (χ2n) is 8.87. The summed E-state index contributed by atoms with van der Waals surface area (Å²) in [4.78, 5) is 14.2. The standard InChI is InChI=1S/C27H28Cl2N2O3S2/c1-19-16-20(17-35-22-6-3-2-4-7-22)10-11-26(19)30-27(32)21-12-14-31(15-13-21)36(33,34)18-23-24(28)8-5-9-25(23)29/h2-11,16,21H,12-15,17-18H2,1H3,(H,30,32). The van der Waals surface area contributed by atoms with Gasteiger partial charge < -0.3 is 5.32 Å². The molecule has 0 spiro atoms. The highest BCUT2D eigenvalue weighted by atomic mass is 35.5. The summed E-state index contributed by atoms with van der Waals surface area (Å²) in [5.41, 5.74) is 3.39. The van der Waals surface area contributed by atoms with Crippen molar-refractivity contribution in [2.75, 3.05) is 18.4 Å². The average molecular weight is 564 g/mol. The molecule has 0 aliphatic carbocycles. The van der Waals surface area contributed by atoms with Gasteiger partial charge in [0.05, 0.1) is 5.75 Å². The first-order valence-corrected chi connectivity index (χ1v) is 15.1. The van der Waals surface area contributed by atoms with E-state index in [9.17, 15) is 13.2 Å². The van der Waals surface area contributed by atoms with E-state index in [1.165, 1.54) is 14.8 Å². The lowest BCUT2D eigenvalue weighted by Crippen LogP contribution is -2.42. The highest BCUT2D eigenvalue weighted by Gasteiger charge is 2.32. The zero-order chi connectivity index (χ0) is 25.7. The van der Waals surface area contributed by atoms with Gasteiger partial charge in [0.1, 0.15) is 0 Å². The van der Waals surface area contributed by atoms with Crippen LogP contribution in [0.4, 0.5) is 5.69 Å². The SMILES string of the molecule is Cc1cc(CSc2ccccc2)ccc1NC(=O)C1CCN(S(=O)(=O)Cc2c(Cl)cccc2Cl)CC1. The molecule has 36 heavy (non-hydrogen) atoms. The normalized spacial score (nSPS) is 15.1. The van der Waals surface area contributed by atoms with Crippen LogP contribution in [0.3, 0.4) is 0 Å². The van der Waals surface area contributed by atoms with Crippen LogP contribution < -0.4 is 5.32 Å². The van der Waals surface area contributed by atoms with Crippen molar-refractivity contribution < 1.29 is 13.2 Å². The van der Waals surface area contributed by atoms with Crippen molar-refractivity contribution in [2.45, 2.75) is 36.2 Å². The Labute approximate surface area is 227 Å². The molecule has 0 aromatic heterocycles. The molecule has 9 heteroatoms. The van der Waals surface area contributed by atoms with Gasteiger partial charge in [-0.25, -0.2) is 12.7 Å². The molecular weight excluding hydrogens is 535 g/mol. The third-order valence-electron chi connectivity index (χ3n) is 6.30. The van der Waals surface area contributed by atoms with Crippen LogP contribution in [0.25, 0.3) is 0 Å². The van der Waals surface area contributed by atoms with E-state index in [-0.39, 0.29) is 30.7 Å². The summed E-state index contributed by atoms with van der Waals surface area (Å²) >= 11 is 14.1. The number of halogens is 2. The van der Waals surface area contributed by atoms with Crippen LogP contribution in [-0.2, 0) is 26.3 Å². The lowest BCUT2D eigenvalue weighted by Gasteiger charge is -2.31. The summed E-state index contributed by atoms with van der Waals surface area (Å²) in [5, 5.41) is 3.71. The quantitative estimate of drug-likeness (QED) is 0.307. The van der Waals surface area contributed by atoms with Crippen LogP contribution in [0.5, 0.6) is 0 Å². The fourth-order valence-corrected chi connectivity index (χ4v) is 7.39. The molecule has 1 aliphatic rings. The van der Waals surface area contributed by atoms with Crippen LogP contribution in [0, 0.1) is 12.8 Å². The van der Waals surface area contributed by atoms with E-state index in [2.05, 4.69) is 23.5 Å². The lowest BCUT2D eigenvalue weighted by atomic mass is 9.97. The second kappa shape index (κ2) is 12.0. The van der Waals surface area contributed by atoms with Crippen molar-refractivity contribution >= 4 is 56.6 Å². The first-order chi connectivity index (χ1) is 17.2. The minimum atomic E-state index is -3.60. The minimum absolute atomic E-state index is 0.0734. The molecule has 0 radical (unpaired) electrons. The van der Waals surface area contributed by atoms with Gasteiger partial charge in [-0.05, 0) is 61.2 Å². The highest BCUT2D eigenvalue weighted by molar-refractivity contribution is 7.98. The molecule has 190 valence electrons. The number of hydrogen-bond acceptors (Lipinski definition) is 4. The number of rotatable bonds is 8. The summed E-state index contributed by atoms with van der Waals surface area (Å²) in [6.45, 7) is 2.57. The Morgan fingerprint density at radius 1 is 1.00 bits per heavy atom. The number of carbonyl (C=O) groups excluding carboxylic acids is 1. The highest BCUT2D eigenvalue weighted by Crippen LogP contribution is 2.30. The number of piperidine rings is 1. The number of thioether (sulfide) groups is 1. The van der Waals surface area contributed by atoms with Crippen LogP contribution in [0.2, 0.25) is 10.0 Å². The van der Waals surface area contributed by atoms with Gasteiger partial charge in [0.25, 0.3) is 0 Å². The van der Waals surface area contributed by atoms with E-state index in [0.29, 0.717) is 28.5 Å². The maximum absolute atomic E-state index is 13.0. The van der Waals surface area contributed by atoms with Gasteiger partial charge in [-0.1, -0.05) is 59.6 Å². The molecule has 0 bridgehead atoms. The molecule has 1 aliphatic heterocycles. The summed E-state index contributed by atoms with van der Waals surface area (Å²) in [5.74, 6) is 0.283. The fourth-order valence-electron chi connectivity index (χ4n) is 4.21. The molecule has 1 fully saturated rings. The first kappa shape index (κ1) is 27.0. The molecule has 5 nitrogen and oxygen atoms in total. The van der Waals surface area contributed by atoms with Crippen LogP contribution >= 0.6 is 35.0 Å². The van der Waals surface area contributed by atoms with Crippen LogP contribution in [0.1, 0.15) is 29.5 Å². The number of nitrogens with zero attached hydrogens (tertiary/aromatic N) is 1. The van der Waals surface area contributed by atoms with Gasteiger partial charge >= 0.3 is 0 Å². The minimum Gasteiger partial charge on any atom is -0.326 e. The number of benzene rings is 3. The molecule has 1 N–H and O–H groups in total. The number of hydrogen-bond donors (Lipinski definition) is 1. The number of sulfonamides is 1. The molecule has 1 amide bonds. The van der Waals surface area contributed by atoms with Crippen molar-refractivity contribution in [2.24, 2.45) is 5.92 Å². The van der Waals surface area contributed by atoms with Gasteiger partial charge in [0, 0.05) is 51.0 Å². The summed E-state index contributed by atoms with van der Waals surface area (Å²) < 4.78 is 27.3. The summed E-state index contributed by atoms with van der Waals surface area (Å²) in [6, 6.07) is 21.3. The van der Waals surface area contributed by atoms with E-state index in [1.807, 2.05) is 37.3 Å². The van der Waals surface area contributed by atoms with Crippen molar-refractivity contribution in [1.82, 2.24) is 4.31 Å². The number of anilines is 1. The van der Waals surface area contributed by atoms with Gasteiger partial charge in [-0.3, -0.25) is 4.79 Å². The van der Waals surface area contributed by atoms with Gasteiger partial charge in [0.15, 0.2) is 0 Å². The fraction of sp³-hybridized carbons (Fsp3) is 0.296. The molecule has 1 heterocycles. The Balaban J connectivity index is 1.31. The molecule has 3 aromatic rings. The summed E-state index contributed by atoms with van der Waals surface area (Å²) in [7, 11) is -3.60. The smallest absolute Gasteiger partial charge is 0.227 e. The van der Waals surface area contributed by atoms with Crippen LogP contribution in [-0.4, -0.2) is 31.7 Å². The number of amides is 1. The molecule has 1 saturated heterocycles. The van der Waals surface area contributed by atoms with Gasteiger partial charge in [-0.2, -0.15) is 0 Å². The predicted molar refractivity (Wildman–Crippen MR) is 149 cm³/mol. The molecule has 0 saturated carbocycles. The van der Waals surface area contributed by atoms with Gasteiger partial charge in [0.2, 0.25) is 15.9 Å². The van der Waals surface area contributed by atoms with Crippen molar-refractivity contribution in [1.29, 1.82) is 0 Å². The van der Waals surface area contributed by atoms with Gasteiger partial charge in [-0.15, -0.1) is 11.8 Å². The maximum Gasteiger partial charge on any atom is 0.227 e.